The first kappa shape index (κ1) is 11.1. The van der Waals surface area contributed by atoms with Crippen LogP contribution in [-0.4, -0.2) is 23.8 Å². The van der Waals surface area contributed by atoms with Crippen LogP contribution in [0.4, 0.5) is 0 Å². The van der Waals surface area contributed by atoms with Crippen molar-refractivity contribution in [2.24, 2.45) is 5.92 Å². The van der Waals surface area contributed by atoms with Crippen LogP contribution < -0.4 is 5.32 Å². The van der Waals surface area contributed by atoms with E-state index in [0.29, 0.717) is 0 Å². The molecule has 0 bridgehead atoms. The number of fused-ring (bicyclic) bond motifs is 1. The molecule has 0 aliphatic carbocycles. The maximum atomic E-state index is 5.70. The lowest BCUT2D eigenvalue weighted by atomic mass is 10.0. The second kappa shape index (κ2) is 5.10. The van der Waals surface area contributed by atoms with E-state index in [4.69, 9.17) is 4.42 Å². The molecule has 1 aromatic heterocycles. The Labute approximate surface area is 105 Å². The number of nitrogens with one attached hydrogen (secondary N) is 1. The van der Waals surface area contributed by atoms with E-state index in [-0.39, 0.29) is 0 Å². The van der Waals surface area contributed by atoms with Gasteiger partial charge in [0, 0.05) is 5.75 Å². The van der Waals surface area contributed by atoms with Crippen LogP contribution in [-0.2, 0) is 0 Å². The fourth-order valence-electron chi connectivity index (χ4n) is 2.15. The van der Waals surface area contributed by atoms with Gasteiger partial charge in [0.25, 0.3) is 5.22 Å². The Hall–Kier alpha value is -1.00. The Kier molecular flexibility index (Phi) is 3.34. The molecule has 0 radical (unpaired) electrons. The van der Waals surface area contributed by atoms with E-state index in [9.17, 15) is 0 Å². The maximum Gasteiger partial charge on any atom is 0.256 e. The molecule has 1 aliphatic heterocycles. The topological polar surface area (TPSA) is 38.1 Å². The van der Waals surface area contributed by atoms with Crippen molar-refractivity contribution >= 4 is 22.9 Å². The van der Waals surface area contributed by atoms with Crippen molar-refractivity contribution in [2.75, 3.05) is 18.8 Å². The second-order valence-corrected chi connectivity index (χ2v) is 5.42. The molecule has 0 atom stereocenters. The first-order valence-corrected chi connectivity index (χ1v) is 7.09. The third-order valence-corrected chi connectivity index (χ3v) is 4.24. The number of aromatic nitrogens is 1. The van der Waals surface area contributed by atoms with Crippen LogP contribution >= 0.6 is 11.8 Å². The Morgan fingerprint density at radius 1 is 1.29 bits per heavy atom. The first-order valence-electron chi connectivity index (χ1n) is 6.11. The quantitative estimate of drug-likeness (QED) is 0.848. The zero-order valence-electron chi connectivity index (χ0n) is 9.69. The van der Waals surface area contributed by atoms with Crippen LogP contribution in [0.25, 0.3) is 11.1 Å². The fourth-order valence-corrected chi connectivity index (χ4v) is 3.17. The number of piperidine rings is 1. The highest BCUT2D eigenvalue weighted by molar-refractivity contribution is 7.99. The summed E-state index contributed by atoms with van der Waals surface area (Å²) in [7, 11) is 0. The van der Waals surface area contributed by atoms with Crippen LogP contribution in [0.2, 0.25) is 0 Å². The molecular formula is C13H16N2OS. The predicted molar refractivity (Wildman–Crippen MR) is 70.3 cm³/mol. The van der Waals surface area contributed by atoms with Crippen molar-refractivity contribution in [2.45, 2.75) is 18.1 Å². The molecule has 0 spiro atoms. The van der Waals surface area contributed by atoms with Crippen LogP contribution in [0, 0.1) is 5.92 Å². The molecule has 1 saturated heterocycles. The lowest BCUT2D eigenvalue weighted by molar-refractivity contribution is 0.406. The molecule has 0 unspecified atom stereocenters. The Morgan fingerprint density at radius 2 is 2.12 bits per heavy atom. The van der Waals surface area contributed by atoms with Gasteiger partial charge in [-0.1, -0.05) is 23.9 Å². The average Bonchev–Trinajstić information content (AvgIpc) is 2.80. The first-order chi connectivity index (χ1) is 8.42. The smallest absolute Gasteiger partial charge is 0.256 e. The minimum absolute atomic E-state index is 0.802. The molecule has 3 rings (SSSR count). The summed E-state index contributed by atoms with van der Waals surface area (Å²) in [5.74, 6) is 1.92. The van der Waals surface area contributed by atoms with Crippen LogP contribution in [0.1, 0.15) is 12.8 Å². The minimum Gasteiger partial charge on any atom is -0.431 e. The monoisotopic (exact) mass is 248 g/mol. The van der Waals surface area contributed by atoms with Crippen molar-refractivity contribution in [3.63, 3.8) is 0 Å². The van der Waals surface area contributed by atoms with E-state index in [0.717, 1.165) is 41.1 Å². The van der Waals surface area contributed by atoms with E-state index in [1.54, 1.807) is 11.8 Å². The number of nitrogens with zero attached hydrogens (tertiary/aromatic N) is 1. The van der Waals surface area contributed by atoms with E-state index in [2.05, 4.69) is 10.3 Å². The van der Waals surface area contributed by atoms with Crippen LogP contribution in [0.5, 0.6) is 0 Å². The molecule has 1 fully saturated rings. The average molecular weight is 248 g/mol. The summed E-state index contributed by atoms with van der Waals surface area (Å²) >= 11 is 1.75. The number of hydrogen-bond donors (Lipinski definition) is 1. The van der Waals surface area contributed by atoms with E-state index in [1.807, 2.05) is 24.3 Å². The van der Waals surface area contributed by atoms with Crippen molar-refractivity contribution in [3.05, 3.63) is 24.3 Å². The summed E-state index contributed by atoms with van der Waals surface area (Å²) in [6.45, 7) is 2.30. The van der Waals surface area contributed by atoms with Crippen molar-refractivity contribution in [1.82, 2.24) is 10.3 Å². The van der Waals surface area contributed by atoms with Crippen LogP contribution in [0.3, 0.4) is 0 Å². The van der Waals surface area contributed by atoms with Gasteiger partial charge in [0.1, 0.15) is 5.52 Å². The molecule has 1 aromatic carbocycles. The number of hydrogen-bond acceptors (Lipinski definition) is 4. The summed E-state index contributed by atoms with van der Waals surface area (Å²) < 4.78 is 5.70. The third kappa shape index (κ3) is 2.64. The minimum atomic E-state index is 0.802. The van der Waals surface area contributed by atoms with Gasteiger partial charge in [-0.2, -0.15) is 0 Å². The second-order valence-electron chi connectivity index (χ2n) is 4.45. The van der Waals surface area contributed by atoms with Gasteiger partial charge in [-0.05, 0) is 44.0 Å². The number of thioether (sulfide) groups is 1. The van der Waals surface area contributed by atoms with Crippen LogP contribution in [0.15, 0.2) is 33.9 Å². The predicted octanol–water partition coefficient (Wildman–Crippen LogP) is 2.92. The number of rotatable bonds is 3. The van der Waals surface area contributed by atoms with Gasteiger partial charge in [-0.25, -0.2) is 4.98 Å². The third-order valence-electron chi connectivity index (χ3n) is 3.18. The van der Waals surface area contributed by atoms with Gasteiger partial charge in [0.05, 0.1) is 0 Å². The number of para-hydroxylation sites is 2. The zero-order valence-corrected chi connectivity index (χ0v) is 10.5. The van der Waals surface area contributed by atoms with E-state index < -0.39 is 0 Å². The molecule has 2 heterocycles. The molecule has 1 N–H and O–H groups in total. The lowest BCUT2D eigenvalue weighted by Crippen LogP contribution is -2.28. The zero-order chi connectivity index (χ0) is 11.5. The van der Waals surface area contributed by atoms with Gasteiger partial charge < -0.3 is 9.73 Å². The molecule has 17 heavy (non-hydrogen) atoms. The van der Waals surface area contributed by atoms with Gasteiger partial charge in [-0.3, -0.25) is 0 Å². The summed E-state index contributed by atoms with van der Waals surface area (Å²) in [5.41, 5.74) is 1.85. The Morgan fingerprint density at radius 3 is 2.94 bits per heavy atom. The number of oxazole rings is 1. The van der Waals surface area contributed by atoms with Gasteiger partial charge in [-0.15, -0.1) is 0 Å². The van der Waals surface area contributed by atoms with Gasteiger partial charge in [0.15, 0.2) is 5.58 Å². The van der Waals surface area contributed by atoms with Crippen molar-refractivity contribution in [1.29, 1.82) is 0 Å². The van der Waals surface area contributed by atoms with E-state index >= 15 is 0 Å². The highest BCUT2D eigenvalue weighted by Crippen LogP contribution is 2.27. The fraction of sp³-hybridized carbons (Fsp3) is 0.462. The summed E-state index contributed by atoms with van der Waals surface area (Å²) in [6, 6.07) is 7.94. The van der Waals surface area contributed by atoms with Gasteiger partial charge >= 0.3 is 0 Å². The van der Waals surface area contributed by atoms with E-state index in [1.165, 1.54) is 12.8 Å². The SMILES string of the molecule is c1ccc2oc(SCC3CCNCC3)nc2c1. The molecular weight excluding hydrogens is 232 g/mol. The van der Waals surface area contributed by atoms with Crippen molar-refractivity contribution < 1.29 is 4.42 Å². The largest absolute Gasteiger partial charge is 0.431 e. The molecule has 3 nitrogen and oxygen atoms in total. The number of benzene rings is 1. The summed E-state index contributed by atoms with van der Waals surface area (Å²) in [6.07, 6.45) is 2.54. The summed E-state index contributed by atoms with van der Waals surface area (Å²) in [5, 5.41) is 4.20. The Balaban J connectivity index is 1.64. The standard InChI is InChI=1S/C13H16N2OS/c1-2-4-12-11(3-1)15-13(16-12)17-9-10-5-7-14-8-6-10/h1-4,10,14H,5-9H2. The summed E-state index contributed by atoms with van der Waals surface area (Å²) in [4.78, 5) is 4.48. The molecule has 4 heteroatoms. The molecule has 0 saturated carbocycles. The highest BCUT2D eigenvalue weighted by Gasteiger charge is 2.14. The highest BCUT2D eigenvalue weighted by atomic mass is 32.2. The molecule has 90 valence electrons. The molecule has 1 aliphatic rings. The molecule has 2 aromatic rings. The maximum absolute atomic E-state index is 5.70. The molecule has 0 amide bonds. The van der Waals surface area contributed by atoms with Gasteiger partial charge in [0.2, 0.25) is 0 Å². The Bertz CT molecular complexity index is 458. The normalized spacial score (nSPS) is 17.6. The lowest BCUT2D eigenvalue weighted by Gasteiger charge is -2.21. The van der Waals surface area contributed by atoms with Crippen molar-refractivity contribution in [3.8, 4) is 0 Å².